The maximum atomic E-state index is 11.5. The highest BCUT2D eigenvalue weighted by molar-refractivity contribution is 6.36. The number of hydrogen-bond donors (Lipinski definition) is 2. The predicted octanol–water partition coefficient (Wildman–Crippen LogP) is 4.22. The Labute approximate surface area is 124 Å². The van der Waals surface area contributed by atoms with Crippen LogP contribution in [-0.4, -0.2) is 21.0 Å². The molecular weight excluding hydrogens is 288 g/mol. The molecule has 0 saturated heterocycles. The van der Waals surface area contributed by atoms with Crippen LogP contribution >= 0.6 is 11.6 Å². The Bertz CT molecular complexity index is 1040. The van der Waals surface area contributed by atoms with Crippen molar-refractivity contribution in [3.63, 3.8) is 0 Å². The van der Waals surface area contributed by atoms with Crippen LogP contribution < -0.4 is 0 Å². The number of carboxylic acid groups (broad SMARTS) is 1. The Morgan fingerprint density at radius 3 is 2.71 bits per heavy atom. The minimum absolute atomic E-state index is 0.242. The molecule has 0 amide bonds. The number of hydrogen-bond acceptors (Lipinski definition) is 2. The largest absolute Gasteiger partial charge is 0.478 e. The lowest BCUT2D eigenvalue weighted by molar-refractivity contribution is 0.0699. The average Bonchev–Trinajstić information content (AvgIpc) is 2.87. The molecule has 0 aliphatic carbocycles. The van der Waals surface area contributed by atoms with E-state index in [1.165, 1.54) is 0 Å². The number of carboxylic acids is 1. The highest BCUT2D eigenvalue weighted by atomic mass is 35.5. The smallest absolute Gasteiger partial charge is 0.336 e. The van der Waals surface area contributed by atoms with Crippen LogP contribution in [0.5, 0.6) is 0 Å². The van der Waals surface area contributed by atoms with E-state index in [-0.39, 0.29) is 5.56 Å². The molecule has 5 heteroatoms. The highest BCUT2D eigenvalue weighted by Crippen LogP contribution is 2.34. The summed E-state index contributed by atoms with van der Waals surface area (Å²) in [6.07, 6.45) is 1.65. The maximum Gasteiger partial charge on any atom is 0.336 e. The van der Waals surface area contributed by atoms with Gasteiger partial charge in [-0.3, -0.25) is 4.98 Å². The fraction of sp³-hybridized carbons (Fsp3) is 0. The van der Waals surface area contributed by atoms with Gasteiger partial charge in [0.05, 0.1) is 27.1 Å². The molecule has 0 fully saturated rings. The number of aromatic carboxylic acids is 1. The van der Waals surface area contributed by atoms with Gasteiger partial charge in [-0.2, -0.15) is 0 Å². The number of benzene rings is 2. The molecule has 0 atom stereocenters. The predicted molar refractivity (Wildman–Crippen MR) is 83.1 cm³/mol. The van der Waals surface area contributed by atoms with Crippen LogP contribution in [0, 0.1) is 0 Å². The fourth-order valence-electron chi connectivity index (χ4n) is 2.76. The minimum Gasteiger partial charge on any atom is -0.478 e. The molecule has 0 aliphatic rings. The zero-order valence-corrected chi connectivity index (χ0v) is 11.5. The Morgan fingerprint density at radius 1 is 1.10 bits per heavy atom. The van der Waals surface area contributed by atoms with Crippen molar-refractivity contribution in [2.24, 2.45) is 0 Å². The van der Waals surface area contributed by atoms with Crippen molar-refractivity contribution < 1.29 is 9.90 Å². The minimum atomic E-state index is -0.966. The molecule has 2 N–H and O–H groups in total. The molecule has 0 spiro atoms. The van der Waals surface area contributed by atoms with Crippen LogP contribution in [0.3, 0.4) is 0 Å². The van der Waals surface area contributed by atoms with E-state index in [4.69, 9.17) is 11.6 Å². The molecule has 4 nitrogen and oxygen atoms in total. The fourth-order valence-corrected chi connectivity index (χ4v) is 2.98. The lowest BCUT2D eigenvalue weighted by atomic mass is 10.0. The van der Waals surface area contributed by atoms with Gasteiger partial charge in [0, 0.05) is 22.4 Å². The first kappa shape index (κ1) is 12.2. The first-order valence-corrected chi connectivity index (χ1v) is 6.75. The monoisotopic (exact) mass is 296 g/mol. The van der Waals surface area contributed by atoms with Crippen molar-refractivity contribution in [1.29, 1.82) is 0 Å². The van der Waals surface area contributed by atoms with Crippen LogP contribution in [0.15, 0.2) is 42.6 Å². The summed E-state index contributed by atoms with van der Waals surface area (Å²) in [6.45, 7) is 0. The molecule has 4 rings (SSSR count). The van der Waals surface area contributed by atoms with E-state index < -0.39 is 5.97 Å². The van der Waals surface area contributed by atoms with Crippen LogP contribution in [0.2, 0.25) is 5.02 Å². The van der Waals surface area contributed by atoms with Gasteiger partial charge in [0.2, 0.25) is 0 Å². The van der Waals surface area contributed by atoms with Crippen molar-refractivity contribution >= 4 is 50.3 Å². The standard InChI is InChI=1S/C16H9ClN2O2/c17-12-5-1-3-8-10-7-11(16(20)21)9-4-2-6-18-14(9)15(10)19-13(8)12/h1-7,19H,(H,20,21). The number of fused-ring (bicyclic) bond motifs is 5. The van der Waals surface area contributed by atoms with Crippen molar-refractivity contribution in [1.82, 2.24) is 9.97 Å². The lowest BCUT2D eigenvalue weighted by Gasteiger charge is -2.03. The van der Waals surface area contributed by atoms with Crippen LogP contribution in [0.1, 0.15) is 10.4 Å². The first-order chi connectivity index (χ1) is 10.2. The third-order valence-electron chi connectivity index (χ3n) is 3.68. The van der Waals surface area contributed by atoms with Gasteiger partial charge in [0.1, 0.15) is 0 Å². The number of nitrogens with zero attached hydrogens (tertiary/aromatic N) is 1. The quantitative estimate of drug-likeness (QED) is 0.552. The Balaban J connectivity index is 2.33. The van der Waals surface area contributed by atoms with E-state index in [0.717, 1.165) is 21.8 Å². The van der Waals surface area contributed by atoms with Crippen LogP contribution in [0.4, 0.5) is 0 Å². The van der Waals surface area contributed by atoms with Gasteiger partial charge < -0.3 is 10.1 Å². The third kappa shape index (κ3) is 1.63. The van der Waals surface area contributed by atoms with Gasteiger partial charge in [-0.1, -0.05) is 29.8 Å². The second kappa shape index (κ2) is 4.20. The molecule has 2 heterocycles. The molecule has 0 radical (unpaired) electrons. The van der Waals surface area contributed by atoms with Crippen molar-refractivity contribution in [3.05, 3.63) is 53.2 Å². The molecule has 0 saturated carbocycles. The van der Waals surface area contributed by atoms with Gasteiger partial charge >= 0.3 is 5.97 Å². The van der Waals surface area contributed by atoms with E-state index in [1.807, 2.05) is 12.1 Å². The van der Waals surface area contributed by atoms with E-state index >= 15 is 0 Å². The second-order valence-corrected chi connectivity index (χ2v) is 5.25. The first-order valence-electron chi connectivity index (χ1n) is 6.38. The summed E-state index contributed by atoms with van der Waals surface area (Å²) in [5.41, 5.74) is 2.48. The summed E-state index contributed by atoms with van der Waals surface area (Å²) in [7, 11) is 0. The number of halogens is 1. The summed E-state index contributed by atoms with van der Waals surface area (Å²) in [4.78, 5) is 19.1. The third-order valence-corrected chi connectivity index (χ3v) is 3.99. The van der Waals surface area contributed by atoms with E-state index in [0.29, 0.717) is 15.9 Å². The molecular formula is C16H9ClN2O2. The number of aromatic nitrogens is 2. The summed E-state index contributed by atoms with van der Waals surface area (Å²) < 4.78 is 0. The van der Waals surface area contributed by atoms with E-state index in [9.17, 15) is 9.90 Å². The highest BCUT2D eigenvalue weighted by Gasteiger charge is 2.16. The Hall–Kier alpha value is -2.59. The van der Waals surface area contributed by atoms with Gasteiger partial charge in [0.25, 0.3) is 0 Å². The number of H-pyrrole nitrogens is 1. The van der Waals surface area contributed by atoms with E-state index in [1.54, 1.807) is 30.5 Å². The molecule has 21 heavy (non-hydrogen) atoms. The van der Waals surface area contributed by atoms with Crippen molar-refractivity contribution in [2.75, 3.05) is 0 Å². The molecule has 0 unspecified atom stereocenters. The number of aromatic amines is 1. The molecule has 2 aromatic carbocycles. The van der Waals surface area contributed by atoms with Gasteiger partial charge in [-0.15, -0.1) is 0 Å². The van der Waals surface area contributed by atoms with E-state index in [2.05, 4.69) is 9.97 Å². The normalized spacial score (nSPS) is 11.5. The molecule has 4 aromatic rings. The Kier molecular flexibility index (Phi) is 2.43. The zero-order chi connectivity index (χ0) is 14.6. The molecule has 2 aromatic heterocycles. The number of carbonyl (C=O) groups is 1. The SMILES string of the molecule is O=C(O)c1cc2c3cccc(Cl)c3[nH]c2c2ncccc12. The summed E-state index contributed by atoms with van der Waals surface area (Å²) in [6, 6.07) is 10.7. The van der Waals surface area contributed by atoms with Gasteiger partial charge in [0.15, 0.2) is 0 Å². The summed E-state index contributed by atoms with van der Waals surface area (Å²) in [5.74, 6) is -0.966. The molecule has 0 aliphatic heterocycles. The average molecular weight is 297 g/mol. The number of pyridine rings is 1. The zero-order valence-electron chi connectivity index (χ0n) is 10.7. The summed E-state index contributed by atoms with van der Waals surface area (Å²) in [5, 5.41) is 12.4. The topological polar surface area (TPSA) is 66.0 Å². The van der Waals surface area contributed by atoms with Crippen molar-refractivity contribution in [2.45, 2.75) is 0 Å². The van der Waals surface area contributed by atoms with Crippen molar-refractivity contribution in [3.8, 4) is 0 Å². The lowest BCUT2D eigenvalue weighted by Crippen LogP contribution is -1.98. The second-order valence-electron chi connectivity index (χ2n) is 4.84. The maximum absolute atomic E-state index is 11.5. The molecule has 0 bridgehead atoms. The number of nitrogens with one attached hydrogen (secondary N) is 1. The number of rotatable bonds is 1. The summed E-state index contributed by atoms with van der Waals surface area (Å²) >= 11 is 6.21. The Morgan fingerprint density at radius 2 is 1.90 bits per heavy atom. The van der Waals surface area contributed by atoms with Gasteiger partial charge in [-0.05, 0) is 18.2 Å². The number of para-hydroxylation sites is 1. The molecule has 102 valence electrons. The van der Waals surface area contributed by atoms with Gasteiger partial charge in [-0.25, -0.2) is 4.79 Å². The van der Waals surface area contributed by atoms with Crippen LogP contribution in [0.25, 0.3) is 32.7 Å². The van der Waals surface area contributed by atoms with Crippen LogP contribution in [-0.2, 0) is 0 Å².